The predicted molar refractivity (Wildman–Crippen MR) is 101 cm³/mol. The lowest BCUT2D eigenvalue weighted by Gasteiger charge is -2.34. The Balaban J connectivity index is 1.93. The minimum absolute atomic E-state index is 0.0522. The van der Waals surface area contributed by atoms with E-state index in [-0.39, 0.29) is 12.6 Å². The van der Waals surface area contributed by atoms with Crippen LogP contribution in [-0.2, 0) is 11.2 Å². The van der Waals surface area contributed by atoms with Crippen LogP contribution in [-0.4, -0.2) is 45.9 Å². The lowest BCUT2D eigenvalue weighted by molar-refractivity contribution is -0.920. The van der Waals surface area contributed by atoms with Gasteiger partial charge >= 0.3 is 6.18 Å². The van der Waals surface area contributed by atoms with Crippen LogP contribution in [0.25, 0.3) is 0 Å². The second kappa shape index (κ2) is 8.73. The third-order valence-electron chi connectivity index (χ3n) is 5.09. The zero-order valence-corrected chi connectivity index (χ0v) is 16.3. The van der Waals surface area contributed by atoms with Crippen LogP contribution in [0, 0.1) is 0 Å². The van der Waals surface area contributed by atoms with E-state index >= 15 is 0 Å². The molecule has 2 aromatic carbocycles. The lowest BCUT2D eigenvalue weighted by atomic mass is 9.87. The quantitative estimate of drug-likeness (QED) is 0.767. The number of carbonyl (C=O) groups excluding carboxylic acids is 1. The highest BCUT2D eigenvalue weighted by Gasteiger charge is 2.35. The molecule has 1 heterocycles. The monoisotopic (exact) mass is 409 g/mol. The summed E-state index contributed by atoms with van der Waals surface area (Å²) in [5.41, 5.74) is 3.05. The van der Waals surface area contributed by atoms with Gasteiger partial charge in [-0.2, -0.15) is 13.2 Å². The van der Waals surface area contributed by atoms with Crippen LogP contribution in [0.5, 0.6) is 11.5 Å². The van der Waals surface area contributed by atoms with Crippen molar-refractivity contribution in [3.8, 4) is 11.5 Å². The average molecular weight is 409 g/mol. The van der Waals surface area contributed by atoms with Gasteiger partial charge < -0.3 is 19.7 Å². The first-order valence-corrected chi connectivity index (χ1v) is 9.30. The van der Waals surface area contributed by atoms with Crippen molar-refractivity contribution < 1.29 is 32.3 Å². The Morgan fingerprint density at radius 2 is 1.79 bits per heavy atom. The minimum Gasteiger partial charge on any atom is -0.493 e. The Bertz CT molecular complexity index is 856. The number of fused-ring (bicyclic) bond motifs is 1. The molecule has 0 saturated carbocycles. The third kappa shape index (κ3) is 5.00. The number of rotatable bonds is 6. The van der Waals surface area contributed by atoms with Crippen molar-refractivity contribution in [2.75, 3.05) is 33.9 Å². The van der Waals surface area contributed by atoms with Crippen molar-refractivity contribution in [2.45, 2.75) is 18.6 Å². The molecule has 0 aromatic heterocycles. The lowest BCUT2D eigenvalue weighted by Crippen LogP contribution is -3.14. The highest BCUT2D eigenvalue weighted by molar-refractivity contribution is 5.77. The first-order chi connectivity index (χ1) is 13.8. The van der Waals surface area contributed by atoms with E-state index in [1.807, 2.05) is 47.8 Å². The van der Waals surface area contributed by atoms with E-state index < -0.39 is 18.6 Å². The summed E-state index contributed by atoms with van der Waals surface area (Å²) in [7, 11) is 3.13. The smallest absolute Gasteiger partial charge is 0.405 e. The molecule has 2 aromatic rings. The normalized spacial score (nSPS) is 18.7. The molecule has 1 unspecified atom stereocenters. The molecule has 0 bridgehead atoms. The molecular weight excluding hydrogens is 385 g/mol. The summed E-state index contributed by atoms with van der Waals surface area (Å²) in [6, 6.07) is 13.3. The van der Waals surface area contributed by atoms with Crippen molar-refractivity contribution in [3.63, 3.8) is 0 Å². The minimum atomic E-state index is -4.43. The average Bonchev–Trinajstić information content (AvgIpc) is 2.71. The molecule has 2 atom stereocenters. The van der Waals surface area contributed by atoms with Crippen molar-refractivity contribution in [1.29, 1.82) is 0 Å². The number of hydrogen-bond acceptors (Lipinski definition) is 3. The molecule has 1 aliphatic heterocycles. The molecular formula is C21H24F3N2O3+. The molecule has 5 nitrogen and oxygen atoms in total. The first kappa shape index (κ1) is 21.0. The van der Waals surface area contributed by atoms with Crippen LogP contribution in [0.15, 0.2) is 42.5 Å². The molecule has 0 fully saturated rings. The number of hydrogen-bond donors (Lipinski definition) is 2. The highest BCUT2D eigenvalue weighted by atomic mass is 19.4. The van der Waals surface area contributed by atoms with Gasteiger partial charge in [0.15, 0.2) is 18.0 Å². The number of amides is 1. The van der Waals surface area contributed by atoms with E-state index in [1.54, 1.807) is 14.2 Å². The summed E-state index contributed by atoms with van der Waals surface area (Å²) in [6.07, 6.45) is -3.75. The molecule has 29 heavy (non-hydrogen) atoms. The summed E-state index contributed by atoms with van der Waals surface area (Å²) in [5.74, 6) is 0.585. The Kier molecular flexibility index (Phi) is 6.32. The van der Waals surface area contributed by atoms with Crippen molar-refractivity contribution >= 4 is 5.91 Å². The molecule has 0 saturated heterocycles. The SMILES string of the molecule is COc1cc2c(cc1OC)[C@H](c1ccccc1)[NH+](CC(=O)NCC(F)(F)F)CC2. The maximum Gasteiger partial charge on any atom is 0.405 e. The number of benzene rings is 2. The molecule has 156 valence electrons. The summed E-state index contributed by atoms with van der Waals surface area (Å²) >= 11 is 0. The Morgan fingerprint density at radius 3 is 2.41 bits per heavy atom. The van der Waals surface area contributed by atoms with E-state index in [0.29, 0.717) is 24.5 Å². The zero-order valence-electron chi connectivity index (χ0n) is 16.3. The number of quaternary nitrogens is 1. The maximum absolute atomic E-state index is 12.4. The molecule has 0 spiro atoms. The van der Waals surface area contributed by atoms with Crippen LogP contribution in [0.3, 0.4) is 0 Å². The fraction of sp³-hybridized carbons (Fsp3) is 0.381. The van der Waals surface area contributed by atoms with Gasteiger partial charge in [-0.25, -0.2) is 0 Å². The molecule has 1 aliphatic rings. The number of halogens is 3. The van der Waals surface area contributed by atoms with Crippen LogP contribution in [0.4, 0.5) is 13.2 Å². The van der Waals surface area contributed by atoms with E-state index in [9.17, 15) is 18.0 Å². The van der Waals surface area contributed by atoms with Gasteiger partial charge in [0.25, 0.3) is 5.91 Å². The second-order valence-corrected chi connectivity index (χ2v) is 6.98. The number of carbonyl (C=O) groups is 1. The first-order valence-electron chi connectivity index (χ1n) is 9.30. The van der Waals surface area contributed by atoms with Gasteiger partial charge in [0.1, 0.15) is 12.6 Å². The fourth-order valence-electron chi connectivity index (χ4n) is 3.80. The van der Waals surface area contributed by atoms with Gasteiger partial charge in [-0.05, 0) is 17.7 Å². The summed E-state index contributed by atoms with van der Waals surface area (Å²) in [5, 5.41) is 1.98. The Morgan fingerprint density at radius 1 is 1.14 bits per heavy atom. The van der Waals surface area contributed by atoms with Gasteiger partial charge in [0, 0.05) is 17.5 Å². The van der Waals surface area contributed by atoms with Crippen molar-refractivity contribution in [3.05, 3.63) is 59.2 Å². The molecule has 2 N–H and O–H groups in total. The van der Waals surface area contributed by atoms with E-state index in [0.717, 1.165) is 21.6 Å². The zero-order chi connectivity index (χ0) is 21.0. The van der Waals surface area contributed by atoms with Crippen LogP contribution in [0.2, 0.25) is 0 Å². The standard InChI is InChI=1S/C21H23F3N2O3/c1-28-17-10-15-8-9-26(12-19(27)25-13-21(22,23)24)20(14-6-4-3-5-7-14)16(15)11-18(17)29-2/h3-7,10-11,20H,8-9,12-13H2,1-2H3,(H,25,27)/p+1/t20-/m0/s1. The number of alkyl halides is 3. The highest BCUT2D eigenvalue weighted by Crippen LogP contribution is 2.36. The predicted octanol–water partition coefficient (Wildman–Crippen LogP) is 1.91. The van der Waals surface area contributed by atoms with Crippen LogP contribution < -0.4 is 19.7 Å². The van der Waals surface area contributed by atoms with Crippen molar-refractivity contribution in [2.24, 2.45) is 0 Å². The number of nitrogens with one attached hydrogen (secondary N) is 2. The fourth-order valence-corrected chi connectivity index (χ4v) is 3.80. The molecule has 3 rings (SSSR count). The van der Waals surface area contributed by atoms with E-state index in [2.05, 4.69) is 0 Å². The molecule has 0 aliphatic carbocycles. The topological polar surface area (TPSA) is 52.0 Å². The van der Waals surface area contributed by atoms with Gasteiger partial charge in [-0.3, -0.25) is 4.79 Å². The van der Waals surface area contributed by atoms with Gasteiger partial charge in [0.05, 0.1) is 20.8 Å². The van der Waals surface area contributed by atoms with Crippen LogP contribution in [0.1, 0.15) is 22.7 Å². The number of ether oxygens (including phenoxy) is 2. The van der Waals surface area contributed by atoms with Gasteiger partial charge in [0.2, 0.25) is 0 Å². The van der Waals surface area contributed by atoms with Crippen molar-refractivity contribution in [1.82, 2.24) is 5.32 Å². The summed E-state index contributed by atoms with van der Waals surface area (Å²) in [6.45, 7) is -0.762. The third-order valence-corrected chi connectivity index (χ3v) is 5.09. The van der Waals surface area contributed by atoms with Gasteiger partial charge in [-0.1, -0.05) is 30.3 Å². The molecule has 0 radical (unpaired) electrons. The summed E-state index contributed by atoms with van der Waals surface area (Å²) in [4.78, 5) is 13.1. The maximum atomic E-state index is 12.4. The van der Waals surface area contributed by atoms with E-state index in [1.165, 1.54) is 0 Å². The van der Waals surface area contributed by atoms with Gasteiger partial charge in [-0.15, -0.1) is 0 Å². The Labute approximate surface area is 167 Å². The molecule has 1 amide bonds. The Hall–Kier alpha value is -2.74. The van der Waals surface area contributed by atoms with Crippen LogP contribution >= 0.6 is 0 Å². The molecule has 8 heteroatoms. The van der Waals surface area contributed by atoms with E-state index in [4.69, 9.17) is 9.47 Å². The summed E-state index contributed by atoms with van der Waals surface area (Å²) < 4.78 is 48.2. The largest absolute Gasteiger partial charge is 0.493 e. The second-order valence-electron chi connectivity index (χ2n) is 6.98. The number of methoxy groups -OCH3 is 2.